The first-order valence-corrected chi connectivity index (χ1v) is 39.1. The fourth-order valence-electron chi connectivity index (χ4n) is 8.32. The molecule has 416 valence electrons. The van der Waals surface area contributed by atoms with Gasteiger partial charge in [-0.3, -0.25) is 29.2 Å². The normalized spacial score (nSPS) is 19.7. The SMILES string of the molecule is CC(CN(CCCC(=O)OCCN1CC(C)N(CCOC(=O)CCCN(CC(C)O[Si](C)(C)C(C)(C)C)CC(C)O[Si](C)(C)C(C)(C)C)CC1C)CC(C)O[Si](C)(C)C(C)(C)C)O[Si](C)(C)C(C)(C)C. The minimum absolute atomic E-state index is 0.0842. The van der Waals surface area contributed by atoms with Gasteiger partial charge in [0.2, 0.25) is 0 Å². The molecule has 0 radical (unpaired) electrons. The highest BCUT2D eigenvalue weighted by atomic mass is 28.4. The van der Waals surface area contributed by atoms with Gasteiger partial charge in [0.05, 0.1) is 24.4 Å². The lowest BCUT2D eigenvalue weighted by Gasteiger charge is -2.44. The molecule has 0 aromatic rings. The number of esters is 2. The van der Waals surface area contributed by atoms with Crippen LogP contribution in [0.5, 0.6) is 0 Å². The van der Waals surface area contributed by atoms with Crippen LogP contribution in [0, 0.1) is 0 Å². The van der Waals surface area contributed by atoms with Crippen molar-refractivity contribution in [2.24, 2.45) is 0 Å². The molecule has 12 nitrogen and oxygen atoms in total. The summed E-state index contributed by atoms with van der Waals surface area (Å²) in [7, 11) is -7.70. The van der Waals surface area contributed by atoms with Crippen LogP contribution in [0.3, 0.4) is 0 Å². The zero-order chi connectivity index (χ0) is 54.5. The van der Waals surface area contributed by atoms with Crippen LogP contribution in [0.1, 0.15) is 150 Å². The molecule has 0 aromatic carbocycles. The van der Waals surface area contributed by atoms with Crippen molar-refractivity contribution in [3.63, 3.8) is 0 Å². The van der Waals surface area contributed by atoms with Crippen molar-refractivity contribution >= 4 is 45.2 Å². The van der Waals surface area contributed by atoms with Crippen LogP contribution in [0.15, 0.2) is 0 Å². The van der Waals surface area contributed by atoms with E-state index in [0.717, 1.165) is 65.2 Å². The third-order valence-electron chi connectivity index (χ3n) is 16.5. The van der Waals surface area contributed by atoms with Crippen LogP contribution in [-0.4, -0.2) is 180 Å². The topological polar surface area (TPSA) is 102 Å². The third kappa shape index (κ3) is 24.0. The molecule has 6 atom stereocenters. The lowest BCUT2D eigenvalue weighted by Crippen LogP contribution is -2.57. The zero-order valence-electron chi connectivity index (χ0n) is 50.8. The maximum absolute atomic E-state index is 13.1. The maximum Gasteiger partial charge on any atom is 0.305 e. The first-order chi connectivity index (χ1) is 31.5. The van der Waals surface area contributed by atoms with E-state index in [1.807, 2.05) is 0 Å². The van der Waals surface area contributed by atoms with Crippen molar-refractivity contribution < 1.29 is 36.8 Å². The number of carbonyl (C=O) groups excluding carboxylic acids is 2. The van der Waals surface area contributed by atoms with Crippen molar-refractivity contribution in [2.75, 3.05) is 78.7 Å². The van der Waals surface area contributed by atoms with Crippen molar-refractivity contribution in [2.45, 2.75) is 259 Å². The summed E-state index contributed by atoms with van der Waals surface area (Å²) in [6, 6.07) is 0.587. The highest BCUT2D eigenvalue weighted by Crippen LogP contribution is 2.40. The lowest BCUT2D eigenvalue weighted by atomic mass is 10.1. The molecule has 1 aliphatic heterocycles. The highest BCUT2D eigenvalue weighted by molar-refractivity contribution is 6.75. The van der Waals surface area contributed by atoms with Gasteiger partial charge in [-0.25, -0.2) is 0 Å². The van der Waals surface area contributed by atoms with Gasteiger partial charge in [-0.1, -0.05) is 83.1 Å². The molecule has 6 unspecified atom stereocenters. The standard InChI is InChI=1S/C54H116N4O8Si4/c1-43-37-58(34-36-62-50(60)30-28-32-56(41-47(5)65-69(23,24)53(13,14)15)42-48(6)66-70(25,26)54(16,17)18)44(2)38-57(43)33-35-61-49(59)29-27-31-55(39-45(3)63-67(19,20)51(7,8)9)40-46(4)64-68(21,22)52(10,11)12/h43-48H,27-42H2,1-26H3. The molecule has 0 amide bonds. The molecule has 16 heteroatoms. The number of hydrogen-bond acceptors (Lipinski definition) is 12. The molecule has 0 aliphatic carbocycles. The second-order valence-corrected chi connectivity index (χ2v) is 46.6. The Kier molecular flexibility index (Phi) is 27.0. The Morgan fingerprint density at radius 2 is 0.700 bits per heavy atom. The number of hydrogen-bond donors (Lipinski definition) is 0. The lowest BCUT2D eigenvalue weighted by molar-refractivity contribution is -0.146. The molecule has 1 aliphatic rings. The maximum atomic E-state index is 13.1. The average molecular weight is 1060 g/mol. The van der Waals surface area contributed by atoms with Crippen LogP contribution < -0.4 is 0 Å². The molecule has 0 spiro atoms. The van der Waals surface area contributed by atoms with Gasteiger partial charge in [-0.15, -0.1) is 0 Å². The van der Waals surface area contributed by atoms with Gasteiger partial charge < -0.3 is 27.2 Å². The summed E-state index contributed by atoms with van der Waals surface area (Å²) in [5.74, 6) is -0.277. The second kappa shape index (κ2) is 28.0. The summed E-state index contributed by atoms with van der Waals surface area (Å²) < 4.78 is 38.7. The first kappa shape index (κ1) is 67.5. The Morgan fingerprint density at radius 1 is 0.471 bits per heavy atom. The highest BCUT2D eigenvalue weighted by Gasteiger charge is 2.42. The minimum atomic E-state index is -1.93. The van der Waals surface area contributed by atoms with E-state index in [0.29, 0.717) is 51.2 Å². The Bertz CT molecular complexity index is 1360. The Hall–Kier alpha value is -0.512. The largest absolute Gasteiger partial charge is 0.464 e. The Morgan fingerprint density at radius 3 is 0.914 bits per heavy atom. The van der Waals surface area contributed by atoms with E-state index >= 15 is 0 Å². The molecule has 1 rings (SSSR count). The van der Waals surface area contributed by atoms with E-state index < -0.39 is 33.3 Å². The summed E-state index contributed by atoms with van der Waals surface area (Å²) in [5.41, 5.74) is 0. The monoisotopic (exact) mass is 1060 g/mol. The van der Waals surface area contributed by atoms with Gasteiger partial charge in [0.1, 0.15) is 13.2 Å². The van der Waals surface area contributed by atoms with Gasteiger partial charge in [-0.05, 0) is 140 Å². The van der Waals surface area contributed by atoms with Gasteiger partial charge in [-0.2, -0.15) is 0 Å². The fraction of sp³-hybridized carbons (Fsp3) is 0.963. The quantitative estimate of drug-likeness (QED) is 0.0505. The van der Waals surface area contributed by atoms with Crippen LogP contribution >= 0.6 is 0 Å². The number of piperazine rings is 1. The van der Waals surface area contributed by atoms with Gasteiger partial charge in [0.15, 0.2) is 33.3 Å². The van der Waals surface area contributed by atoms with Crippen LogP contribution in [0.4, 0.5) is 0 Å². The van der Waals surface area contributed by atoms with Gasteiger partial charge in [0.25, 0.3) is 0 Å². The average Bonchev–Trinajstić information content (AvgIpc) is 3.13. The molecule has 0 saturated carbocycles. The Labute approximate surface area is 437 Å². The van der Waals surface area contributed by atoms with E-state index in [1.54, 1.807) is 0 Å². The van der Waals surface area contributed by atoms with Crippen molar-refractivity contribution in [3.05, 3.63) is 0 Å². The van der Waals surface area contributed by atoms with Crippen LogP contribution in [0.25, 0.3) is 0 Å². The minimum Gasteiger partial charge on any atom is -0.464 e. The van der Waals surface area contributed by atoms with E-state index in [4.69, 9.17) is 27.2 Å². The molecule has 1 fully saturated rings. The number of carbonyl (C=O) groups is 2. The van der Waals surface area contributed by atoms with Crippen LogP contribution in [-0.2, 0) is 36.8 Å². The molecule has 1 saturated heterocycles. The van der Waals surface area contributed by atoms with Crippen molar-refractivity contribution in [1.82, 2.24) is 19.6 Å². The molecular weight excluding hydrogens is 945 g/mol. The first-order valence-electron chi connectivity index (χ1n) is 27.5. The summed E-state index contributed by atoms with van der Waals surface area (Å²) >= 11 is 0. The zero-order valence-corrected chi connectivity index (χ0v) is 54.8. The molecule has 70 heavy (non-hydrogen) atoms. The predicted octanol–water partition coefficient (Wildman–Crippen LogP) is 12.3. The predicted molar refractivity (Wildman–Crippen MR) is 306 cm³/mol. The summed E-state index contributed by atoms with van der Waals surface area (Å²) in [6.07, 6.45) is 2.57. The van der Waals surface area contributed by atoms with E-state index in [9.17, 15) is 9.59 Å². The number of rotatable bonds is 30. The summed E-state index contributed by atoms with van der Waals surface area (Å²) in [6.45, 7) is 67.9. The fourth-order valence-corrected chi connectivity index (χ4v) is 14.1. The number of nitrogens with zero attached hydrogens (tertiary/aromatic N) is 4. The smallest absolute Gasteiger partial charge is 0.305 e. The molecular formula is C54H116N4O8Si4. The second-order valence-electron chi connectivity index (χ2n) is 27.6. The van der Waals surface area contributed by atoms with Crippen molar-refractivity contribution in [1.29, 1.82) is 0 Å². The summed E-state index contributed by atoms with van der Waals surface area (Å²) in [5, 5.41) is 0.558. The molecule has 1 heterocycles. The van der Waals surface area contributed by atoms with E-state index in [-0.39, 0.29) is 56.5 Å². The van der Waals surface area contributed by atoms with E-state index in [1.165, 1.54) is 0 Å². The number of ether oxygens (including phenoxy) is 2. The van der Waals surface area contributed by atoms with Crippen LogP contribution in [0.2, 0.25) is 72.5 Å². The van der Waals surface area contributed by atoms with Crippen molar-refractivity contribution in [3.8, 4) is 0 Å². The summed E-state index contributed by atoms with van der Waals surface area (Å²) in [4.78, 5) is 35.8. The van der Waals surface area contributed by atoms with Gasteiger partial charge in [0, 0.05) is 77.3 Å². The third-order valence-corrected chi connectivity index (χ3v) is 34.9. The van der Waals surface area contributed by atoms with E-state index in [2.05, 4.69) is 197 Å². The van der Waals surface area contributed by atoms with Gasteiger partial charge >= 0.3 is 11.9 Å². The molecule has 0 bridgehead atoms. The molecule has 0 N–H and O–H groups in total. The Balaban J connectivity index is 2.68. The molecule has 0 aromatic heterocycles.